The van der Waals surface area contributed by atoms with E-state index in [2.05, 4.69) is 10.6 Å². The van der Waals surface area contributed by atoms with E-state index in [0.29, 0.717) is 13.0 Å². The predicted octanol–water partition coefficient (Wildman–Crippen LogP) is 1.86. The first-order chi connectivity index (χ1) is 13.9. The lowest BCUT2D eigenvalue weighted by Crippen LogP contribution is -2.44. The molecular formula is C21H24N4O3S. The normalized spacial score (nSPS) is 21.6. The molecule has 152 valence electrons. The van der Waals surface area contributed by atoms with Crippen molar-refractivity contribution in [2.24, 2.45) is 0 Å². The van der Waals surface area contributed by atoms with Gasteiger partial charge < -0.3 is 15.5 Å². The summed E-state index contributed by atoms with van der Waals surface area (Å²) in [5.74, 6) is -0.690. The number of imide groups is 1. The van der Waals surface area contributed by atoms with E-state index < -0.39 is 11.6 Å². The molecule has 2 heterocycles. The summed E-state index contributed by atoms with van der Waals surface area (Å²) in [4.78, 5) is 42.4. The van der Waals surface area contributed by atoms with E-state index in [0.717, 1.165) is 27.3 Å². The highest BCUT2D eigenvalue weighted by Gasteiger charge is 2.55. The van der Waals surface area contributed by atoms with Crippen LogP contribution in [0.3, 0.4) is 0 Å². The summed E-state index contributed by atoms with van der Waals surface area (Å²) in [6, 6.07) is 11.2. The molecule has 1 aliphatic carbocycles. The van der Waals surface area contributed by atoms with E-state index in [9.17, 15) is 14.4 Å². The van der Waals surface area contributed by atoms with Crippen LogP contribution in [0.2, 0.25) is 0 Å². The SMILES string of the molecule is CN(C)C(CNC(=O)CN1C(=O)NC2(CCc3ccccc32)C1=O)c1cccs1. The molecule has 1 aliphatic heterocycles. The maximum atomic E-state index is 13.1. The maximum absolute atomic E-state index is 13.1. The van der Waals surface area contributed by atoms with Gasteiger partial charge in [0.1, 0.15) is 12.1 Å². The van der Waals surface area contributed by atoms with Gasteiger partial charge in [-0.1, -0.05) is 30.3 Å². The van der Waals surface area contributed by atoms with E-state index in [1.807, 2.05) is 60.8 Å². The van der Waals surface area contributed by atoms with E-state index in [1.165, 1.54) is 0 Å². The summed E-state index contributed by atoms with van der Waals surface area (Å²) >= 11 is 1.63. The number of carbonyl (C=O) groups excluding carboxylic acids is 3. The fourth-order valence-electron chi connectivity index (χ4n) is 4.16. The Labute approximate surface area is 173 Å². The van der Waals surface area contributed by atoms with Gasteiger partial charge in [0.25, 0.3) is 5.91 Å². The third-order valence-electron chi connectivity index (χ3n) is 5.71. The number of fused-ring (bicyclic) bond motifs is 2. The van der Waals surface area contributed by atoms with Gasteiger partial charge in [0.2, 0.25) is 5.91 Å². The van der Waals surface area contributed by atoms with E-state index in [1.54, 1.807) is 11.3 Å². The van der Waals surface area contributed by atoms with E-state index in [4.69, 9.17) is 0 Å². The fraction of sp³-hybridized carbons (Fsp3) is 0.381. The van der Waals surface area contributed by atoms with Crippen LogP contribution in [0.1, 0.15) is 28.5 Å². The number of amides is 4. The highest BCUT2D eigenvalue weighted by atomic mass is 32.1. The second-order valence-electron chi connectivity index (χ2n) is 7.68. The zero-order valence-electron chi connectivity index (χ0n) is 16.5. The van der Waals surface area contributed by atoms with Crippen LogP contribution in [0.25, 0.3) is 0 Å². The monoisotopic (exact) mass is 412 g/mol. The first-order valence-electron chi connectivity index (χ1n) is 9.61. The Hall–Kier alpha value is -2.71. The van der Waals surface area contributed by atoms with E-state index in [-0.39, 0.29) is 24.4 Å². The molecule has 1 aromatic heterocycles. The molecule has 2 aromatic rings. The van der Waals surface area contributed by atoms with Gasteiger partial charge in [0, 0.05) is 11.4 Å². The Morgan fingerprint density at radius 3 is 2.79 bits per heavy atom. The number of carbonyl (C=O) groups is 3. The summed E-state index contributed by atoms with van der Waals surface area (Å²) in [6.45, 7) is 0.128. The number of nitrogens with one attached hydrogen (secondary N) is 2. The Morgan fingerprint density at radius 2 is 2.07 bits per heavy atom. The highest BCUT2D eigenvalue weighted by molar-refractivity contribution is 7.10. The zero-order valence-corrected chi connectivity index (χ0v) is 17.3. The molecule has 4 rings (SSSR count). The number of benzene rings is 1. The van der Waals surface area contributed by atoms with Crippen LogP contribution >= 0.6 is 11.3 Å². The first-order valence-corrected chi connectivity index (χ1v) is 10.5. The van der Waals surface area contributed by atoms with Gasteiger partial charge in [-0.3, -0.25) is 14.5 Å². The molecule has 7 nitrogen and oxygen atoms in total. The minimum atomic E-state index is -1.03. The van der Waals surface area contributed by atoms with Crippen LogP contribution < -0.4 is 10.6 Å². The van der Waals surface area contributed by atoms with Gasteiger partial charge in [0.15, 0.2) is 0 Å². The first kappa shape index (κ1) is 19.6. The van der Waals surface area contributed by atoms with Crippen LogP contribution in [0, 0.1) is 0 Å². The molecule has 0 radical (unpaired) electrons. The smallest absolute Gasteiger partial charge is 0.325 e. The Morgan fingerprint density at radius 1 is 1.28 bits per heavy atom. The number of hydrogen-bond donors (Lipinski definition) is 2. The van der Waals surface area contributed by atoms with Gasteiger partial charge in [-0.25, -0.2) is 4.79 Å². The van der Waals surface area contributed by atoms with Crippen molar-refractivity contribution in [2.45, 2.75) is 24.4 Å². The molecule has 2 N–H and O–H groups in total. The molecular weight excluding hydrogens is 388 g/mol. The molecule has 1 spiro atoms. The average molecular weight is 413 g/mol. The van der Waals surface area contributed by atoms with Crippen molar-refractivity contribution in [3.05, 3.63) is 57.8 Å². The summed E-state index contributed by atoms with van der Waals surface area (Å²) in [5, 5.41) is 7.72. The van der Waals surface area contributed by atoms with Gasteiger partial charge in [0.05, 0.1) is 6.04 Å². The van der Waals surface area contributed by atoms with Crippen molar-refractivity contribution < 1.29 is 14.4 Å². The molecule has 1 fully saturated rings. The number of urea groups is 1. The average Bonchev–Trinajstić information content (AvgIpc) is 3.39. The largest absolute Gasteiger partial charge is 0.353 e. The lowest BCUT2D eigenvalue weighted by Gasteiger charge is -2.24. The van der Waals surface area contributed by atoms with Gasteiger partial charge in [-0.15, -0.1) is 11.3 Å². The van der Waals surface area contributed by atoms with Crippen LogP contribution in [-0.4, -0.2) is 54.8 Å². The molecule has 29 heavy (non-hydrogen) atoms. The number of likely N-dealkylation sites (N-methyl/N-ethyl adjacent to an activating group) is 1. The molecule has 2 unspecified atom stereocenters. The summed E-state index contributed by atoms with van der Waals surface area (Å²) in [7, 11) is 3.91. The fourth-order valence-corrected chi connectivity index (χ4v) is 5.08. The molecule has 1 aromatic carbocycles. The van der Waals surface area contributed by atoms with Crippen LogP contribution in [0.15, 0.2) is 41.8 Å². The molecule has 0 saturated carbocycles. The number of aryl methyl sites for hydroxylation is 1. The number of nitrogens with zero attached hydrogens (tertiary/aromatic N) is 2. The minimum Gasteiger partial charge on any atom is -0.353 e. The van der Waals surface area contributed by atoms with E-state index >= 15 is 0 Å². The molecule has 1 saturated heterocycles. The lowest BCUT2D eigenvalue weighted by molar-refractivity contribution is -0.135. The van der Waals surface area contributed by atoms with Crippen molar-refractivity contribution in [3.63, 3.8) is 0 Å². The molecule has 0 bridgehead atoms. The Bertz CT molecular complexity index is 943. The van der Waals surface area contributed by atoms with Crippen LogP contribution in [-0.2, 0) is 21.5 Å². The summed E-state index contributed by atoms with van der Waals surface area (Å²) in [5.41, 5.74) is 0.876. The minimum absolute atomic E-state index is 0.0371. The summed E-state index contributed by atoms with van der Waals surface area (Å²) in [6.07, 6.45) is 1.25. The zero-order chi connectivity index (χ0) is 20.6. The van der Waals surface area contributed by atoms with Crippen LogP contribution in [0.4, 0.5) is 4.79 Å². The highest BCUT2D eigenvalue weighted by Crippen LogP contribution is 2.41. The second kappa shape index (κ2) is 7.61. The van der Waals surface area contributed by atoms with Gasteiger partial charge >= 0.3 is 6.03 Å². The topological polar surface area (TPSA) is 81.8 Å². The van der Waals surface area contributed by atoms with Crippen LogP contribution in [0.5, 0.6) is 0 Å². The van der Waals surface area contributed by atoms with Gasteiger partial charge in [-0.05, 0) is 49.5 Å². The third kappa shape index (κ3) is 3.42. The molecule has 2 aliphatic rings. The number of thiophene rings is 1. The number of rotatable bonds is 6. The summed E-state index contributed by atoms with van der Waals surface area (Å²) < 4.78 is 0. The molecule has 4 amide bonds. The Balaban J connectivity index is 1.43. The Kier molecular flexibility index (Phi) is 5.14. The standard InChI is InChI=1S/C21H24N4O3S/c1-24(2)16(17-8-5-11-29-17)12-22-18(26)13-25-19(27)21(23-20(25)28)10-9-14-6-3-4-7-15(14)21/h3-8,11,16H,9-10,12-13H2,1-2H3,(H,22,26)(H,23,28). The van der Waals surface area contributed by atoms with Crippen molar-refractivity contribution in [3.8, 4) is 0 Å². The van der Waals surface area contributed by atoms with Crippen molar-refractivity contribution in [1.82, 2.24) is 20.4 Å². The lowest BCUT2D eigenvalue weighted by atomic mass is 9.92. The predicted molar refractivity (Wildman–Crippen MR) is 110 cm³/mol. The van der Waals surface area contributed by atoms with Crippen molar-refractivity contribution in [1.29, 1.82) is 0 Å². The maximum Gasteiger partial charge on any atom is 0.325 e. The van der Waals surface area contributed by atoms with Crippen molar-refractivity contribution >= 4 is 29.2 Å². The van der Waals surface area contributed by atoms with Gasteiger partial charge in [-0.2, -0.15) is 0 Å². The quantitative estimate of drug-likeness (QED) is 0.710. The van der Waals surface area contributed by atoms with Crippen molar-refractivity contribution in [2.75, 3.05) is 27.2 Å². The second-order valence-corrected chi connectivity index (χ2v) is 8.66. The molecule has 8 heteroatoms. The third-order valence-corrected chi connectivity index (χ3v) is 6.69. The molecule has 2 atom stereocenters. The number of hydrogen-bond acceptors (Lipinski definition) is 5.